The number of aromatic nitrogens is 1. The molecule has 1 atom stereocenters. The largest absolute Gasteiger partial charge is 0.507 e. The lowest BCUT2D eigenvalue weighted by molar-refractivity contribution is -0.140. The number of furan rings is 1. The molecule has 1 fully saturated rings. The van der Waals surface area contributed by atoms with Crippen LogP contribution in [0.15, 0.2) is 77.0 Å². The summed E-state index contributed by atoms with van der Waals surface area (Å²) in [5.74, 6) is -0.479. The first-order valence-corrected chi connectivity index (χ1v) is 11.9. The van der Waals surface area contributed by atoms with Crippen LogP contribution in [0.4, 0.5) is 5.69 Å². The molecule has 1 amide bonds. The van der Waals surface area contributed by atoms with E-state index < -0.39 is 17.7 Å². The normalized spacial score (nSPS) is 19.1. The van der Waals surface area contributed by atoms with Crippen LogP contribution in [0.2, 0.25) is 0 Å². The van der Waals surface area contributed by atoms with E-state index in [0.717, 1.165) is 22.2 Å². The van der Waals surface area contributed by atoms with Crippen LogP contribution < -0.4 is 9.64 Å². The molecule has 6 rings (SSSR count). The lowest BCUT2D eigenvalue weighted by atomic mass is 9.98. The summed E-state index contributed by atoms with van der Waals surface area (Å²) < 4.78 is 11.4. The van der Waals surface area contributed by atoms with Gasteiger partial charge < -0.3 is 29.0 Å². The Bertz CT molecular complexity index is 1500. The Labute approximate surface area is 207 Å². The van der Waals surface area contributed by atoms with E-state index in [1.807, 2.05) is 42.4 Å². The van der Waals surface area contributed by atoms with Gasteiger partial charge in [0, 0.05) is 36.3 Å². The number of likely N-dealkylation sites (tertiary alicyclic amines) is 1. The topological polar surface area (TPSA) is 99.0 Å². The number of ether oxygens (including phenoxy) is 1. The first-order chi connectivity index (χ1) is 17.5. The highest BCUT2D eigenvalue weighted by Gasteiger charge is 2.47. The number of likely N-dealkylation sites (N-methyl/N-ethyl adjacent to an activating group) is 1. The molecule has 2 aromatic heterocycles. The summed E-state index contributed by atoms with van der Waals surface area (Å²) in [5, 5.41) is 12.4. The Kier molecular flexibility index (Phi) is 5.29. The van der Waals surface area contributed by atoms with Gasteiger partial charge >= 0.3 is 0 Å². The first-order valence-electron chi connectivity index (χ1n) is 11.9. The molecule has 0 radical (unpaired) electrons. The smallest absolute Gasteiger partial charge is 0.295 e. The summed E-state index contributed by atoms with van der Waals surface area (Å²) in [6.07, 6.45) is 3.96. The van der Waals surface area contributed by atoms with Crippen molar-refractivity contribution in [3.05, 3.63) is 89.5 Å². The minimum Gasteiger partial charge on any atom is -0.507 e. The molecule has 2 aliphatic rings. The first kappa shape index (κ1) is 22.0. The van der Waals surface area contributed by atoms with E-state index in [2.05, 4.69) is 4.98 Å². The van der Waals surface area contributed by atoms with Crippen LogP contribution in [0.5, 0.6) is 5.75 Å². The van der Waals surface area contributed by atoms with Crippen LogP contribution in [0.3, 0.4) is 0 Å². The number of hydrogen-bond acceptors (Lipinski definition) is 6. The van der Waals surface area contributed by atoms with E-state index in [0.29, 0.717) is 36.6 Å². The summed E-state index contributed by atoms with van der Waals surface area (Å²) >= 11 is 0. The van der Waals surface area contributed by atoms with E-state index >= 15 is 0 Å². The number of benzene rings is 2. The van der Waals surface area contributed by atoms with Gasteiger partial charge in [0.05, 0.1) is 24.1 Å². The molecule has 0 aliphatic carbocycles. The second-order valence-corrected chi connectivity index (χ2v) is 9.07. The highest BCUT2D eigenvalue weighted by molar-refractivity contribution is 6.46. The van der Waals surface area contributed by atoms with Crippen molar-refractivity contribution in [3.63, 3.8) is 0 Å². The van der Waals surface area contributed by atoms with Gasteiger partial charge in [-0.25, -0.2) is 0 Å². The second kappa shape index (κ2) is 8.64. The van der Waals surface area contributed by atoms with Crippen LogP contribution in [0.1, 0.15) is 22.9 Å². The average Bonchev–Trinajstić information content (AvgIpc) is 3.62. The molecule has 4 heterocycles. The third kappa shape index (κ3) is 3.53. The van der Waals surface area contributed by atoms with Crippen LogP contribution >= 0.6 is 0 Å². The number of anilines is 1. The molecular formula is C28H25N3O5. The molecule has 1 unspecified atom stereocenters. The van der Waals surface area contributed by atoms with Gasteiger partial charge in [-0.05, 0) is 48.4 Å². The maximum atomic E-state index is 13.3. The molecular weight excluding hydrogens is 458 g/mol. The van der Waals surface area contributed by atoms with Crippen molar-refractivity contribution in [1.82, 2.24) is 9.88 Å². The molecule has 182 valence electrons. The van der Waals surface area contributed by atoms with Crippen molar-refractivity contribution in [2.24, 2.45) is 0 Å². The number of rotatable bonds is 5. The number of nitrogens with zero attached hydrogens (tertiary/aromatic N) is 2. The van der Waals surface area contributed by atoms with E-state index in [1.165, 1.54) is 11.2 Å². The van der Waals surface area contributed by atoms with Gasteiger partial charge in [0.15, 0.2) is 0 Å². The number of carbonyl (C=O) groups is 2. The fourth-order valence-electron chi connectivity index (χ4n) is 5.09. The molecule has 8 nitrogen and oxygen atoms in total. The van der Waals surface area contributed by atoms with Gasteiger partial charge in [-0.1, -0.05) is 18.2 Å². The number of hydrogen-bond donors (Lipinski definition) is 2. The molecule has 0 spiro atoms. The fourth-order valence-corrected chi connectivity index (χ4v) is 5.09. The van der Waals surface area contributed by atoms with Crippen molar-refractivity contribution in [2.45, 2.75) is 12.5 Å². The predicted octanol–water partition coefficient (Wildman–Crippen LogP) is 4.25. The lowest BCUT2D eigenvalue weighted by Crippen LogP contribution is -2.31. The van der Waals surface area contributed by atoms with Crippen LogP contribution in [0.25, 0.3) is 16.7 Å². The Balaban J connectivity index is 1.39. The van der Waals surface area contributed by atoms with Gasteiger partial charge in [0.2, 0.25) is 0 Å². The minimum atomic E-state index is -0.824. The Morgan fingerprint density at radius 2 is 2.00 bits per heavy atom. The quantitative estimate of drug-likeness (QED) is 0.250. The molecule has 4 aromatic rings. The number of H-pyrrole nitrogens is 1. The Morgan fingerprint density at radius 3 is 2.83 bits per heavy atom. The summed E-state index contributed by atoms with van der Waals surface area (Å²) in [6, 6.07) is 15.8. The molecule has 2 aliphatic heterocycles. The number of carbonyl (C=O) groups excluding carboxylic acids is 2. The number of aliphatic hydroxyl groups excluding tert-OH is 1. The summed E-state index contributed by atoms with van der Waals surface area (Å²) in [4.78, 5) is 33.3. The van der Waals surface area contributed by atoms with E-state index in [4.69, 9.17) is 9.15 Å². The molecule has 8 heteroatoms. The summed E-state index contributed by atoms with van der Waals surface area (Å²) in [5.41, 5.74) is 3.33. The van der Waals surface area contributed by atoms with Gasteiger partial charge in [0.1, 0.15) is 29.9 Å². The van der Waals surface area contributed by atoms with Crippen molar-refractivity contribution < 1.29 is 23.8 Å². The average molecular weight is 484 g/mol. The van der Waals surface area contributed by atoms with Gasteiger partial charge in [-0.2, -0.15) is 0 Å². The van der Waals surface area contributed by atoms with Crippen LogP contribution in [-0.4, -0.2) is 53.4 Å². The monoisotopic (exact) mass is 483 g/mol. The molecule has 2 N–H and O–H groups in total. The third-order valence-electron chi connectivity index (χ3n) is 6.98. The zero-order chi connectivity index (χ0) is 24.8. The summed E-state index contributed by atoms with van der Waals surface area (Å²) in [6.45, 7) is 1.58. The SMILES string of the molecule is CN1CCOc2ccc(/C(O)=C3/C(=O)C(=O)N(CCc4c[nH]c5ccccc45)C3c3ccco3)cc21. The van der Waals surface area contributed by atoms with E-state index in [-0.39, 0.29) is 17.9 Å². The number of Topliss-reactive ketones (excluding diaryl/α,β-unsaturated/α-hetero) is 1. The number of ketones is 1. The summed E-state index contributed by atoms with van der Waals surface area (Å²) in [7, 11) is 1.94. The number of aromatic amines is 1. The highest BCUT2D eigenvalue weighted by atomic mass is 16.5. The predicted molar refractivity (Wildman–Crippen MR) is 135 cm³/mol. The molecule has 0 saturated carbocycles. The van der Waals surface area contributed by atoms with Crippen molar-refractivity contribution >= 4 is 34.0 Å². The van der Waals surface area contributed by atoms with E-state index in [1.54, 1.807) is 30.3 Å². The van der Waals surface area contributed by atoms with E-state index in [9.17, 15) is 14.7 Å². The highest BCUT2D eigenvalue weighted by Crippen LogP contribution is 2.41. The zero-order valence-electron chi connectivity index (χ0n) is 19.7. The van der Waals surface area contributed by atoms with Gasteiger partial charge in [-0.3, -0.25) is 9.59 Å². The third-order valence-corrected chi connectivity index (χ3v) is 6.98. The standard InChI is InChI=1S/C28H25N3O5/c1-30-12-14-36-22-9-8-17(15-21(22)30)26(32)24-25(23-7-4-13-35-23)31(28(34)27(24)33)11-10-18-16-29-20-6-3-2-5-19(18)20/h2-9,13,15-16,25,29,32H,10-12,14H2,1H3/b26-24-. The molecule has 0 bridgehead atoms. The minimum absolute atomic E-state index is 0.0215. The maximum absolute atomic E-state index is 13.3. The number of amides is 1. The van der Waals surface area contributed by atoms with Crippen molar-refractivity contribution in [1.29, 1.82) is 0 Å². The van der Waals surface area contributed by atoms with Crippen LogP contribution in [-0.2, 0) is 16.0 Å². The zero-order valence-corrected chi connectivity index (χ0v) is 19.7. The second-order valence-electron chi connectivity index (χ2n) is 9.07. The van der Waals surface area contributed by atoms with Gasteiger partial charge in [0.25, 0.3) is 11.7 Å². The Morgan fingerprint density at radius 1 is 1.14 bits per heavy atom. The number of nitrogens with one attached hydrogen (secondary N) is 1. The maximum Gasteiger partial charge on any atom is 0.295 e. The van der Waals surface area contributed by atoms with Crippen molar-refractivity contribution in [3.8, 4) is 5.75 Å². The molecule has 1 saturated heterocycles. The number of fused-ring (bicyclic) bond motifs is 2. The number of para-hydroxylation sites is 1. The number of aliphatic hydroxyl groups is 1. The fraction of sp³-hybridized carbons (Fsp3) is 0.214. The Hall–Kier alpha value is -4.46. The lowest BCUT2D eigenvalue weighted by Gasteiger charge is -2.28. The van der Waals surface area contributed by atoms with Crippen molar-refractivity contribution in [2.75, 3.05) is 31.6 Å². The molecule has 2 aromatic carbocycles. The van der Waals surface area contributed by atoms with Crippen LogP contribution in [0, 0.1) is 0 Å². The van der Waals surface area contributed by atoms with Gasteiger partial charge in [-0.15, -0.1) is 0 Å². The molecule has 36 heavy (non-hydrogen) atoms.